The normalized spacial score (nSPS) is 30.5. The zero-order valence-corrected chi connectivity index (χ0v) is 44.2. The molecule has 8 saturated carbocycles. The van der Waals surface area contributed by atoms with Gasteiger partial charge in [-0.2, -0.15) is 0 Å². The molecule has 364 valence electrons. The van der Waals surface area contributed by atoms with E-state index in [1.54, 1.807) is 16.5 Å². The van der Waals surface area contributed by atoms with Gasteiger partial charge in [-0.05, 0) is 232 Å². The Morgan fingerprint density at radius 1 is 0.514 bits per heavy atom. The highest BCUT2D eigenvalue weighted by Gasteiger charge is 2.57. The van der Waals surface area contributed by atoms with E-state index in [1.807, 2.05) is 0 Å². The summed E-state index contributed by atoms with van der Waals surface area (Å²) < 4.78 is 2.98. The number of fused-ring (bicyclic) bond motifs is 12. The van der Waals surface area contributed by atoms with Gasteiger partial charge in [0.05, 0.1) is 11.1 Å². The van der Waals surface area contributed by atoms with Crippen LogP contribution >= 0.6 is 11.8 Å². The number of aromatic nitrogens is 1. The molecule has 2 atom stereocenters. The minimum atomic E-state index is 0.00314. The standard InChI is InChI=1S/C70H65BN2S/c1-68(2,3)50-17-19-60(54(30-50)46-11-5-4-6-12-46)72-66-53-16-10-9-15-49(53)28-56-58-33-52(70-37-43-24-44(38-70)26-45(25-43)39-70)32-57-55-31-51(69-34-40-21-41(35-69)23-42(22-40)36-69)18-20-61(55)73(65(57)58)71(63(56)66)64-59-27-47-13-7-8-14-48(47)29-62(59)74-67(64)72/h4-20,27-33,40-45,64,67H,21-26,34-39H2,1-3H3. The Labute approximate surface area is 441 Å². The van der Waals surface area contributed by atoms with Gasteiger partial charge in [-0.1, -0.05) is 118 Å². The lowest BCUT2D eigenvalue weighted by Gasteiger charge is -2.57. The van der Waals surface area contributed by atoms with Gasteiger partial charge in [0.2, 0.25) is 0 Å². The van der Waals surface area contributed by atoms with Crippen LogP contribution in [0.25, 0.3) is 65.6 Å². The number of nitrogens with zero attached hydrogens (tertiary/aromatic N) is 2. The maximum Gasteiger partial charge on any atom is 0.307 e. The smallest absolute Gasteiger partial charge is 0.307 e. The zero-order chi connectivity index (χ0) is 48.6. The van der Waals surface area contributed by atoms with Crippen molar-refractivity contribution in [3.05, 3.63) is 168 Å². The van der Waals surface area contributed by atoms with Crippen LogP contribution in [-0.4, -0.2) is 16.7 Å². The van der Waals surface area contributed by atoms with Crippen LogP contribution in [0.1, 0.15) is 126 Å². The molecule has 11 aliphatic rings. The van der Waals surface area contributed by atoms with Gasteiger partial charge in [0, 0.05) is 54.7 Å². The van der Waals surface area contributed by atoms with Gasteiger partial charge in [0.25, 0.3) is 0 Å². The molecule has 8 fully saturated rings. The number of benzene rings is 8. The molecule has 0 spiro atoms. The van der Waals surface area contributed by atoms with Gasteiger partial charge >= 0.3 is 6.85 Å². The molecule has 4 heteroatoms. The second kappa shape index (κ2) is 14.6. The van der Waals surface area contributed by atoms with Crippen LogP contribution in [0.3, 0.4) is 0 Å². The van der Waals surface area contributed by atoms with E-state index in [0.717, 1.165) is 35.5 Å². The van der Waals surface area contributed by atoms with Crippen molar-refractivity contribution in [2.75, 3.05) is 4.90 Å². The quantitative estimate of drug-likeness (QED) is 0.162. The first-order valence-electron chi connectivity index (χ1n) is 29.0. The van der Waals surface area contributed by atoms with Gasteiger partial charge in [-0.25, -0.2) is 0 Å². The first-order chi connectivity index (χ1) is 36.1. The highest BCUT2D eigenvalue weighted by molar-refractivity contribution is 8.00. The van der Waals surface area contributed by atoms with E-state index in [0.29, 0.717) is 5.41 Å². The molecular weight excluding hydrogens is 912 g/mol. The summed E-state index contributed by atoms with van der Waals surface area (Å²) in [7, 11) is 0. The molecule has 2 nitrogen and oxygen atoms in total. The Hall–Kier alpha value is -5.71. The molecule has 2 unspecified atom stereocenters. The Balaban J connectivity index is 0.967. The summed E-state index contributed by atoms with van der Waals surface area (Å²) in [4.78, 5) is 4.34. The van der Waals surface area contributed by atoms with E-state index in [-0.39, 0.29) is 28.9 Å². The molecule has 9 aromatic rings. The fourth-order valence-corrected chi connectivity index (χ4v) is 21.3. The zero-order valence-electron chi connectivity index (χ0n) is 43.3. The van der Waals surface area contributed by atoms with Gasteiger partial charge in [0.15, 0.2) is 0 Å². The molecule has 0 amide bonds. The predicted octanol–water partition coefficient (Wildman–Crippen LogP) is 17.6. The SMILES string of the molecule is CC(C)(C)c1ccc(N2c3c4c(cc5ccccc35)-c3cc(C56CC7CC(CC(C7)C5)C6)cc5c6cc(C78CC9CC(CC(C9)C7)C8)ccc6n(c35)B4C3c4cc5ccccc5cc4SC32)c(-c2ccccc2)c1. The second-order valence-electron chi connectivity index (χ2n) is 27.3. The van der Waals surface area contributed by atoms with E-state index in [2.05, 4.69) is 188 Å². The number of hydrogen-bond donors (Lipinski definition) is 0. The van der Waals surface area contributed by atoms with Gasteiger partial charge in [-0.3, -0.25) is 0 Å². The van der Waals surface area contributed by atoms with Crippen LogP contribution in [0, 0.1) is 35.5 Å². The van der Waals surface area contributed by atoms with Crippen LogP contribution in [0.5, 0.6) is 0 Å². The Morgan fingerprint density at radius 2 is 1.12 bits per heavy atom. The highest BCUT2D eigenvalue weighted by Crippen LogP contribution is 2.65. The number of thioether (sulfide) groups is 1. The second-order valence-corrected chi connectivity index (χ2v) is 28.4. The minimum Gasteiger partial charge on any atom is -0.379 e. The molecular formula is C70H65BN2S. The van der Waals surface area contributed by atoms with Crippen molar-refractivity contribution >= 4 is 78.8 Å². The third kappa shape index (κ3) is 5.72. The van der Waals surface area contributed by atoms with Gasteiger partial charge in [-0.15, -0.1) is 11.8 Å². The molecule has 3 aliphatic heterocycles. The predicted molar refractivity (Wildman–Crippen MR) is 312 cm³/mol. The van der Waals surface area contributed by atoms with E-state index in [1.165, 1.54) is 170 Å². The summed E-state index contributed by atoms with van der Waals surface area (Å²) >= 11 is 2.13. The minimum absolute atomic E-state index is 0.00314. The summed E-state index contributed by atoms with van der Waals surface area (Å²) in [5, 5.41) is 8.60. The molecule has 4 heterocycles. The fourth-order valence-electron chi connectivity index (χ4n) is 19.8. The number of rotatable bonds is 4. The number of anilines is 2. The monoisotopic (exact) mass is 976 g/mol. The highest BCUT2D eigenvalue weighted by atomic mass is 32.2. The molecule has 8 aliphatic carbocycles. The first-order valence-corrected chi connectivity index (χ1v) is 29.9. The van der Waals surface area contributed by atoms with Crippen molar-refractivity contribution in [2.24, 2.45) is 35.5 Å². The Kier molecular flexibility index (Phi) is 8.39. The molecule has 8 bridgehead atoms. The van der Waals surface area contributed by atoms with E-state index >= 15 is 0 Å². The average molecular weight is 977 g/mol. The lowest BCUT2D eigenvalue weighted by molar-refractivity contribution is -0.00527. The van der Waals surface area contributed by atoms with Crippen LogP contribution < -0.4 is 10.4 Å². The third-order valence-electron chi connectivity index (χ3n) is 22.0. The van der Waals surface area contributed by atoms with Crippen molar-refractivity contribution in [3.63, 3.8) is 0 Å². The molecule has 0 saturated heterocycles. The largest absolute Gasteiger partial charge is 0.379 e. The lowest BCUT2D eigenvalue weighted by atomic mass is 9.40. The summed E-state index contributed by atoms with van der Waals surface area (Å²) in [5.41, 5.74) is 19.6. The van der Waals surface area contributed by atoms with Crippen molar-refractivity contribution < 1.29 is 0 Å². The van der Waals surface area contributed by atoms with Gasteiger partial charge in [0.1, 0.15) is 0 Å². The molecule has 74 heavy (non-hydrogen) atoms. The molecule has 8 aromatic carbocycles. The first kappa shape index (κ1) is 42.5. The summed E-state index contributed by atoms with van der Waals surface area (Å²) in [5.74, 6) is 5.61. The van der Waals surface area contributed by atoms with Crippen LogP contribution in [0.4, 0.5) is 11.4 Å². The van der Waals surface area contributed by atoms with Crippen molar-refractivity contribution in [2.45, 2.75) is 130 Å². The summed E-state index contributed by atoms with van der Waals surface area (Å²) in [6.45, 7) is 7.23. The molecule has 0 radical (unpaired) electrons. The van der Waals surface area contributed by atoms with Gasteiger partial charge < -0.3 is 9.38 Å². The van der Waals surface area contributed by atoms with Crippen molar-refractivity contribution in [1.82, 2.24) is 4.48 Å². The van der Waals surface area contributed by atoms with E-state index in [4.69, 9.17) is 0 Å². The Bertz CT molecular complexity index is 3860. The molecule has 20 rings (SSSR count). The maximum absolute atomic E-state index is 2.98. The van der Waals surface area contributed by atoms with Crippen LogP contribution in [0.2, 0.25) is 0 Å². The van der Waals surface area contributed by atoms with Crippen LogP contribution in [-0.2, 0) is 16.2 Å². The molecule has 1 aromatic heterocycles. The fraction of sp³-hybridized carbons (Fsp3) is 0.371. The van der Waals surface area contributed by atoms with Crippen molar-refractivity contribution in [3.8, 4) is 22.3 Å². The molecule has 0 N–H and O–H groups in total. The maximum atomic E-state index is 2.98. The lowest BCUT2D eigenvalue weighted by Crippen LogP contribution is -2.58. The average Bonchev–Trinajstić information content (AvgIpc) is 3.94. The number of hydrogen-bond acceptors (Lipinski definition) is 2. The third-order valence-corrected chi connectivity index (χ3v) is 23.3. The van der Waals surface area contributed by atoms with E-state index in [9.17, 15) is 0 Å². The van der Waals surface area contributed by atoms with Crippen LogP contribution in [0.15, 0.2) is 150 Å². The van der Waals surface area contributed by atoms with E-state index < -0.39 is 0 Å². The van der Waals surface area contributed by atoms with Crippen molar-refractivity contribution in [1.29, 1.82) is 0 Å². The Morgan fingerprint density at radius 3 is 1.80 bits per heavy atom. The topological polar surface area (TPSA) is 8.17 Å². The summed E-state index contributed by atoms with van der Waals surface area (Å²) in [6.07, 6.45) is 17.2. The summed E-state index contributed by atoms with van der Waals surface area (Å²) in [6, 6.07) is 59.2.